The van der Waals surface area contributed by atoms with Crippen molar-refractivity contribution >= 4 is 22.8 Å². The molecule has 0 atom stereocenters. The molecule has 10 nitrogen and oxygen atoms in total. The molecule has 0 radical (unpaired) electrons. The molecular weight excluding hydrogens is 458 g/mol. The lowest BCUT2D eigenvalue weighted by atomic mass is 10.0. The topological polar surface area (TPSA) is 131 Å². The van der Waals surface area contributed by atoms with Gasteiger partial charge in [0.15, 0.2) is 6.61 Å². The zero-order valence-corrected chi connectivity index (χ0v) is 20.3. The van der Waals surface area contributed by atoms with Crippen molar-refractivity contribution in [2.75, 3.05) is 5.32 Å². The first-order valence-corrected chi connectivity index (χ1v) is 11.4. The summed E-state index contributed by atoms with van der Waals surface area (Å²) in [7, 11) is 0. The minimum Gasteiger partial charge on any atom is -0.485 e. The van der Waals surface area contributed by atoms with Crippen LogP contribution < -0.4 is 14.8 Å². The highest BCUT2D eigenvalue weighted by atomic mass is 16.6. The average molecular weight is 484 g/mol. The molecule has 0 spiro atoms. The van der Waals surface area contributed by atoms with Crippen LogP contribution in [0.15, 0.2) is 48.5 Å². The zero-order valence-electron chi connectivity index (χ0n) is 20.3. The van der Waals surface area contributed by atoms with E-state index >= 15 is 0 Å². The number of aromatic amines is 2. The van der Waals surface area contributed by atoms with Crippen molar-refractivity contribution in [3.63, 3.8) is 0 Å². The maximum absolute atomic E-state index is 12.4. The highest BCUT2D eigenvalue weighted by Gasteiger charge is 2.14. The van der Waals surface area contributed by atoms with E-state index in [1.807, 2.05) is 64.1 Å². The van der Waals surface area contributed by atoms with Gasteiger partial charge >= 0.3 is 6.09 Å². The van der Waals surface area contributed by atoms with E-state index in [-0.39, 0.29) is 6.61 Å². The summed E-state index contributed by atoms with van der Waals surface area (Å²) in [5.74, 6) is 2.33. The fourth-order valence-electron chi connectivity index (χ4n) is 4.01. The molecule has 182 valence electrons. The van der Waals surface area contributed by atoms with Gasteiger partial charge in [0.05, 0.1) is 11.0 Å². The summed E-state index contributed by atoms with van der Waals surface area (Å²) < 4.78 is 11.3. The van der Waals surface area contributed by atoms with Crippen molar-refractivity contribution in [1.29, 1.82) is 0 Å². The Kier molecular flexibility index (Phi) is 6.07. The first-order valence-electron chi connectivity index (χ1n) is 11.4. The molecule has 0 bridgehead atoms. The van der Waals surface area contributed by atoms with Gasteiger partial charge in [0.25, 0.3) is 0 Å². The summed E-state index contributed by atoms with van der Waals surface area (Å²) in [6.45, 7) is 8.24. The molecule has 10 heteroatoms. The number of fused-ring (bicyclic) bond motifs is 1. The Labute approximate surface area is 207 Å². The van der Waals surface area contributed by atoms with Crippen LogP contribution in [0.3, 0.4) is 0 Å². The number of rotatable bonds is 6. The molecule has 0 saturated heterocycles. The largest absolute Gasteiger partial charge is 0.485 e. The number of H-pyrrole nitrogens is 2. The monoisotopic (exact) mass is 483 g/mol. The molecule has 3 aromatic carbocycles. The van der Waals surface area contributed by atoms with Crippen molar-refractivity contribution in [3.8, 4) is 22.9 Å². The van der Waals surface area contributed by atoms with Crippen LogP contribution in [0.2, 0.25) is 0 Å². The lowest BCUT2D eigenvalue weighted by molar-refractivity contribution is 0.215. The number of aromatic nitrogens is 6. The van der Waals surface area contributed by atoms with Crippen molar-refractivity contribution in [1.82, 2.24) is 30.6 Å². The van der Waals surface area contributed by atoms with Crippen molar-refractivity contribution in [2.45, 2.75) is 34.3 Å². The second kappa shape index (κ2) is 9.49. The Morgan fingerprint density at radius 3 is 2.44 bits per heavy atom. The van der Waals surface area contributed by atoms with Gasteiger partial charge in [-0.05, 0) is 86.3 Å². The van der Waals surface area contributed by atoms with Gasteiger partial charge in [0, 0.05) is 17.3 Å². The molecule has 1 amide bonds. The highest BCUT2D eigenvalue weighted by molar-refractivity contribution is 5.88. The molecule has 5 rings (SSSR count). The number of amides is 1. The first-order chi connectivity index (χ1) is 17.4. The van der Waals surface area contributed by atoms with Gasteiger partial charge in [-0.1, -0.05) is 11.3 Å². The van der Waals surface area contributed by atoms with Gasteiger partial charge in [0.2, 0.25) is 5.82 Å². The van der Waals surface area contributed by atoms with E-state index in [1.54, 1.807) is 12.1 Å². The van der Waals surface area contributed by atoms with Crippen LogP contribution in [0, 0.1) is 27.7 Å². The molecule has 0 aliphatic rings. The number of carbonyl (C=O) groups excluding carboxylic acids is 1. The lowest BCUT2D eigenvalue weighted by Gasteiger charge is -2.11. The van der Waals surface area contributed by atoms with Crippen molar-refractivity contribution in [3.05, 3.63) is 76.6 Å². The SMILES string of the molecule is Cc1ccc(NC(=O)Oc2ccc3nc(-c4c(C)cc(OCc5nn[nH]n5)cc4C)[nH]c3c2)cc1C. The van der Waals surface area contributed by atoms with Gasteiger partial charge in [-0.15, -0.1) is 10.2 Å². The fourth-order valence-corrected chi connectivity index (χ4v) is 4.01. The Morgan fingerprint density at radius 1 is 0.917 bits per heavy atom. The van der Waals surface area contributed by atoms with E-state index in [1.165, 1.54) is 0 Å². The summed E-state index contributed by atoms with van der Waals surface area (Å²) in [4.78, 5) is 20.5. The highest BCUT2D eigenvalue weighted by Crippen LogP contribution is 2.31. The Morgan fingerprint density at radius 2 is 1.72 bits per heavy atom. The van der Waals surface area contributed by atoms with E-state index in [9.17, 15) is 4.79 Å². The number of ether oxygens (including phenoxy) is 2. The fraction of sp³-hybridized carbons (Fsp3) is 0.192. The molecule has 0 unspecified atom stereocenters. The average Bonchev–Trinajstić information content (AvgIpc) is 3.49. The van der Waals surface area contributed by atoms with Gasteiger partial charge in [0.1, 0.15) is 17.3 Å². The van der Waals surface area contributed by atoms with Crippen LogP contribution in [0.4, 0.5) is 10.5 Å². The van der Waals surface area contributed by atoms with E-state index in [0.717, 1.165) is 44.7 Å². The maximum Gasteiger partial charge on any atom is 0.417 e. The molecular formula is C26H25N7O3. The van der Waals surface area contributed by atoms with Crippen LogP contribution in [-0.4, -0.2) is 36.7 Å². The lowest BCUT2D eigenvalue weighted by Crippen LogP contribution is -2.16. The molecule has 0 aliphatic heterocycles. The predicted molar refractivity (Wildman–Crippen MR) is 135 cm³/mol. The molecule has 3 N–H and O–H groups in total. The minimum atomic E-state index is -0.555. The van der Waals surface area contributed by atoms with Crippen LogP contribution in [0.1, 0.15) is 28.1 Å². The van der Waals surface area contributed by atoms with E-state index in [4.69, 9.17) is 14.5 Å². The Bertz CT molecular complexity index is 1530. The first kappa shape index (κ1) is 23.0. The molecule has 2 aromatic heterocycles. The molecule has 0 saturated carbocycles. The summed E-state index contributed by atoms with van der Waals surface area (Å²) in [6, 6.07) is 14.9. The number of carbonyl (C=O) groups is 1. The number of hydrogen-bond donors (Lipinski definition) is 3. The van der Waals surface area contributed by atoms with Crippen LogP contribution >= 0.6 is 0 Å². The normalized spacial score (nSPS) is 11.0. The summed E-state index contributed by atoms with van der Waals surface area (Å²) in [6.07, 6.45) is -0.555. The van der Waals surface area contributed by atoms with Crippen LogP contribution in [-0.2, 0) is 6.61 Å². The third kappa shape index (κ3) is 4.88. The number of benzene rings is 3. The second-order valence-electron chi connectivity index (χ2n) is 8.63. The number of anilines is 1. The minimum absolute atomic E-state index is 0.221. The second-order valence-corrected chi connectivity index (χ2v) is 8.63. The maximum atomic E-state index is 12.4. The van der Waals surface area contributed by atoms with E-state index in [2.05, 4.69) is 30.9 Å². The molecule has 0 fully saturated rings. The molecule has 2 heterocycles. The third-order valence-electron chi connectivity index (χ3n) is 5.92. The van der Waals surface area contributed by atoms with Gasteiger partial charge < -0.3 is 14.5 Å². The van der Waals surface area contributed by atoms with Crippen molar-refractivity contribution in [2.24, 2.45) is 0 Å². The molecule has 0 aliphatic carbocycles. The number of nitrogens with one attached hydrogen (secondary N) is 3. The summed E-state index contributed by atoms with van der Waals surface area (Å²) in [5, 5.41) is 16.5. The molecule has 5 aromatic rings. The number of hydrogen-bond acceptors (Lipinski definition) is 7. The quantitative estimate of drug-likeness (QED) is 0.304. The smallest absolute Gasteiger partial charge is 0.417 e. The van der Waals surface area contributed by atoms with Gasteiger partial charge in [-0.3, -0.25) is 5.32 Å². The predicted octanol–water partition coefficient (Wildman–Crippen LogP) is 5.17. The third-order valence-corrected chi connectivity index (χ3v) is 5.92. The Balaban J connectivity index is 1.32. The summed E-state index contributed by atoms with van der Waals surface area (Å²) in [5.41, 5.74) is 7.45. The number of imidazole rings is 1. The number of nitrogens with zero attached hydrogens (tertiary/aromatic N) is 4. The number of tetrazole rings is 1. The van der Waals surface area contributed by atoms with Gasteiger partial charge in [-0.25, -0.2) is 9.78 Å². The summed E-state index contributed by atoms with van der Waals surface area (Å²) >= 11 is 0. The number of aryl methyl sites for hydroxylation is 4. The van der Waals surface area contributed by atoms with Gasteiger partial charge in [-0.2, -0.15) is 5.21 Å². The van der Waals surface area contributed by atoms with Crippen LogP contribution in [0.5, 0.6) is 11.5 Å². The molecule has 36 heavy (non-hydrogen) atoms. The Hall–Kier alpha value is -4.73. The van der Waals surface area contributed by atoms with Crippen LogP contribution in [0.25, 0.3) is 22.4 Å². The van der Waals surface area contributed by atoms with Crippen molar-refractivity contribution < 1.29 is 14.3 Å². The zero-order chi connectivity index (χ0) is 25.2. The van der Waals surface area contributed by atoms with E-state index < -0.39 is 6.09 Å². The van der Waals surface area contributed by atoms with E-state index in [0.29, 0.717) is 23.0 Å². The standard InChI is InChI=1S/C26H25N7O3/c1-14-5-6-18(9-15(14)2)27-26(34)36-19-7-8-21-22(12-19)29-25(28-21)24-16(3)10-20(11-17(24)4)35-13-23-30-32-33-31-23/h5-12H,13H2,1-4H3,(H,27,34)(H,28,29)(H,30,31,32,33).